The third-order valence-corrected chi connectivity index (χ3v) is 3.28. The van der Waals surface area contributed by atoms with E-state index in [0.717, 1.165) is 30.5 Å². The lowest BCUT2D eigenvalue weighted by Gasteiger charge is -2.13. The lowest BCUT2D eigenvalue weighted by molar-refractivity contribution is -0.137. The van der Waals surface area contributed by atoms with Gasteiger partial charge in [-0.1, -0.05) is 44.7 Å². The van der Waals surface area contributed by atoms with Gasteiger partial charge in [0, 0.05) is 0 Å². The van der Waals surface area contributed by atoms with E-state index in [0.29, 0.717) is 6.61 Å². The summed E-state index contributed by atoms with van der Waals surface area (Å²) in [6, 6.07) is 5.16. The van der Waals surface area contributed by atoms with Crippen LogP contribution in [0.2, 0.25) is 0 Å². The Morgan fingerprint density at radius 1 is 1.05 bits per heavy atom. The van der Waals surface area contributed by atoms with Crippen LogP contribution >= 0.6 is 0 Å². The van der Waals surface area contributed by atoms with Gasteiger partial charge in [0.25, 0.3) is 0 Å². The van der Waals surface area contributed by atoms with Gasteiger partial charge in [-0.05, 0) is 31.0 Å². The Morgan fingerprint density at radius 3 is 2.25 bits per heavy atom. The van der Waals surface area contributed by atoms with E-state index in [2.05, 4.69) is 6.92 Å². The maximum atomic E-state index is 12.4. The van der Waals surface area contributed by atoms with Crippen molar-refractivity contribution in [3.63, 3.8) is 0 Å². The number of rotatable bonds is 8. The summed E-state index contributed by atoms with van der Waals surface area (Å²) >= 11 is 0. The molecule has 1 unspecified atom stereocenters. The van der Waals surface area contributed by atoms with Crippen LogP contribution in [0.15, 0.2) is 24.3 Å². The van der Waals surface area contributed by atoms with E-state index in [-0.39, 0.29) is 6.10 Å². The predicted octanol–water partition coefficient (Wildman–Crippen LogP) is 5.58. The smallest absolute Gasteiger partial charge is 0.374 e. The van der Waals surface area contributed by atoms with Crippen molar-refractivity contribution in [1.82, 2.24) is 0 Å². The van der Waals surface area contributed by atoms with Gasteiger partial charge < -0.3 is 4.74 Å². The van der Waals surface area contributed by atoms with E-state index in [9.17, 15) is 13.2 Å². The van der Waals surface area contributed by atoms with Crippen molar-refractivity contribution in [2.45, 2.75) is 64.8 Å². The molecule has 114 valence electrons. The number of benzene rings is 1. The molecule has 1 nitrogen and oxygen atoms in total. The van der Waals surface area contributed by atoms with E-state index in [1.165, 1.54) is 31.4 Å². The molecule has 0 heterocycles. The minimum atomic E-state index is -4.27. The molecule has 0 aromatic heterocycles. The lowest BCUT2D eigenvalue weighted by Crippen LogP contribution is -2.08. The Hall–Kier alpha value is -1.03. The summed E-state index contributed by atoms with van der Waals surface area (Å²) in [5.41, 5.74) is 0.160. The van der Waals surface area contributed by atoms with Crippen molar-refractivity contribution < 1.29 is 17.9 Å². The molecule has 0 amide bonds. The topological polar surface area (TPSA) is 9.23 Å². The van der Waals surface area contributed by atoms with Gasteiger partial charge in [0.05, 0.1) is 18.3 Å². The van der Waals surface area contributed by atoms with Crippen LogP contribution in [0, 0.1) is 0 Å². The minimum Gasteiger partial charge on any atom is -0.374 e. The first-order chi connectivity index (χ1) is 9.43. The molecule has 0 fully saturated rings. The molecule has 0 aliphatic carbocycles. The Kier molecular flexibility index (Phi) is 7.06. The molecule has 0 aliphatic heterocycles. The van der Waals surface area contributed by atoms with Gasteiger partial charge in [-0.25, -0.2) is 0 Å². The minimum absolute atomic E-state index is 0.147. The molecule has 0 radical (unpaired) electrons. The quantitative estimate of drug-likeness (QED) is 0.567. The average molecular weight is 288 g/mol. The van der Waals surface area contributed by atoms with Crippen LogP contribution in [-0.4, -0.2) is 6.10 Å². The molecule has 0 saturated carbocycles. The molecule has 0 N–H and O–H groups in total. The maximum absolute atomic E-state index is 12.4. The molecule has 1 aromatic rings. The fourth-order valence-electron chi connectivity index (χ4n) is 1.97. The summed E-state index contributed by atoms with van der Waals surface area (Å²) in [4.78, 5) is 0. The highest BCUT2D eigenvalue weighted by atomic mass is 19.4. The van der Waals surface area contributed by atoms with E-state index < -0.39 is 11.7 Å². The zero-order valence-corrected chi connectivity index (χ0v) is 12.2. The second kappa shape index (κ2) is 8.30. The lowest BCUT2D eigenvalue weighted by atomic mass is 10.1. The number of alkyl halides is 3. The molecular formula is C16H23F3O. The van der Waals surface area contributed by atoms with E-state index in [4.69, 9.17) is 4.74 Å². The second-order valence-corrected chi connectivity index (χ2v) is 5.17. The highest BCUT2D eigenvalue weighted by Crippen LogP contribution is 2.29. The summed E-state index contributed by atoms with van der Waals surface area (Å²) in [5.74, 6) is 0. The number of hydrogen-bond acceptors (Lipinski definition) is 1. The Bertz CT molecular complexity index is 370. The van der Waals surface area contributed by atoms with E-state index in [1.807, 2.05) is 6.92 Å². The number of hydrogen-bond donors (Lipinski definition) is 0. The summed E-state index contributed by atoms with van der Waals surface area (Å²) in [6.45, 7) is 4.55. The number of unbranched alkanes of at least 4 members (excludes halogenated alkanes) is 3. The fourth-order valence-corrected chi connectivity index (χ4v) is 1.97. The molecule has 4 heteroatoms. The predicted molar refractivity (Wildman–Crippen MR) is 74.5 cm³/mol. The molecular weight excluding hydrogens is 265 g/mol. The van der Waals surface area contributed by atoms with Crippen LogP contribution in [0.25, 0.3) is 0 Å². The molecule has 0 saturated heterocycles. The van der Waals surface area contributed by atoms with Crippen LogP contribution in [0.3, 0.4) is 0 Å². The number of halogens is 3. The zero-order valence-electron chi connectivity index (χ0n) is 12.2. The van der Waals surface area contributed by atoms with Gasteiger partial charge in [0.1, 0.15) is 0 Å². The molecule has 1 rings (SSSR count). The van der Waals surface area contributed by atoms with Crippen molar-refractivity contribution in [2.24, 2.45) is 0 Å². The maximum Gasteiger partial charge on any atom is 0.416 e. The average Bonchev–Trinajstić information content (AvgIpc) is 2.41. The molecule has 0 aliphatic rings. The molecule has 0 spiro atoms. The van der Waals surface area contributed by atoms with Crippen LogP contribution in [0.4, 0.5) is 13.2 Å². The van der Waals surface area contributed by atoms with E-state index in [1.54, 1.807) is 0 Å². The van der Waals surface area contributed by atoms with Crippen LogP contribution in [-0.2, 0) is 17.5 Å². The van der Waals surface area contributed by atoms with Gasteiger partial charge in [-0.15, -0.1) is 0 Å². The SMILES string of the molecule is CCCCCCC(C)OCc1ccc(C(F)(F)F)cc1. The standard InChI is InChI=1S/C16H23F3O/c1-3-4-5-6-7-13(2)20-12-14-8-10-15(11-9-14)16(17,18)19/h8-11,13H,3-7,12H2,1-2H3. The van der Waals surface area contributed by atoms with Crippen molar-refractivity contribution in [3.05, 3.63) is 35.4 Å². The highest BCUT2D eigenvalue weighted by Gasteiger charge is 2.29. The van der Waals surface area contributed by atoms with Gasteiger partial charge >= 0.3 is 6.18 Å². The van der Waals surface area contributed by atoms with Gasteiger partial charge in [-0.2, -0.15) is 13.2 Å². The Morgan fingerprint density at radius 2 is 1.70 bits per heavy atom. The molecule has 1 atom stereocenters. The third-order valence-electron chi connectivity index (χ3n) is 3.28. The first-order valence-corrected chi connectivity index (χ1v) is 7.21. The van der Waals surface area contributed by atoms with Crippen LogP contribution in [0.1, 0.15) is 57.1 Å². The summed E-state index contributed by atoms with van der Waals surface area (Å²) in [7, 11) is 0. The Labute approximate surface area is 119 Å². The van der Waals surface area contributed by atoms with Gasteiger partial charge in [0.2, 0.25) is 0 Å². The first kappa shape index (κ1) is 17.0. The van der Waals surface area contributed by atoms with Crippen molar-refractivity contribution in [3.8, 4) is 0 Å². The fraction of sp³-hybridized carbons (Fsp3) is 0.625. The normalized spacial score (nSPS) is 13.4. The van der Waals surface area contributed by atoms with Gasteiger partial charge in [-0.3, -0.25) is 0 Å². The van der Waals surface area contributed by atoms with E-state index >= 15 is 0 Å². The summed E-state index contributed by atoms with van der Waals surface area (Å²) < 4.78 is 42.9. The summed E-state index contributed by atoms with van der Waals surface area (Å²) in [6.07, 6.45) is 1.68. The molecule has 20 heavy (non-hydrogen) atoms. The first-order valence-electron chi connectivity index (χ1n) is 7.21. The van der Waals surface area contributed by atoms with Crippen LogP contribution < -0.4 is 0 Å². The largest absolute Gasteiger partial charge is 0.416 e. The van der Waals surface area contributed by atoms with Crippen molar-refractivity contribution in [2.75, 3.05) is 0 Å². The highest BCUT2D eigenvalue weighted by molar-refractivity contribution is 5.24. The second-order valence-electron chi connectivity index (χ2n) is 5.17. The number of ether oxygens (including phenoxy) is 1. The monoisotopic (exact) mass is 288 g/mol. The third kappa shape index (κ3) is 6.42. The van der Waals surface area contributed by atoms with Gasteiger partial charge in [0.15, 0.2) is 0 Å². The van der Waals surface area contributed by atoms with Crippen LogP contribution in [0.5, 0.6) is 0 Å². The summed E-state index contributed by atoms with van der Waals surface area (Å²) in [5, 5.41) is 0. The van der Waals surface area contributed by atoms with Crippen molar-refractivity contribution >= 4 is 0 Å². The Balaban J connectivity index is 2.31. The zero-order chi connectivity index (χ0) is 15.0. The molecule has 1 aromatic carbocycles. The van der Waals surface area contributed by atoms with Crippen molar-refractivity contribution in [1.29, 1.82) is 0 Å². The molecule has 0 bridgehead atoms.